The fourth-order valence-electron chi connectivity index (χ4n) is 0.538. The molecule has 62 valence electrons. The molecule has 10 heavy (non-hydrogen) atoms. The zero-order chi connectivity index (χ0) is 7.66. The van der Waals surface area contributed by atoms with Gasteiger partial charge in [-0.1, -0.05) is 6.92 Å². The summed E-state index contributed by atoms with van der Waals surface area (Å²) < 4.78 is 11.5. The van der Waals surface area contributed by atoms with E-state index in [2.05, 4.69) is 5.48 Å². The average molecular weight is 149 g/mol. The van der Waals surface area contributed by atoms with Gasteiger partial charge in [0, 0.05) is 6.54 Å². The van der Waals surface area contributed by atoms with Gasteiger partial charge < -0.3 is 4.84 Å². The number of rotatable bonds is 7. The van der Waals surface area contributed by atoms with Crippen LogP contribution in [0.25, 0.3) is 0 Å². The molecule has 0 fully saturated rings. The zero-order valence-corrected chi connectivity index (χ0v) is 6.53. The van der Waals surface area contributed by atoms with Crippen LogP contribution < -0.4 is 5.48 Å². The Morgan fingerprint density at radius 3 is 2.80 bits per heavy atom. The van der Waals surface area contributed by atoms with E-state index in [-0.39, 0.29) is 6.67 Å². The average Bonchev–Trinajstić information content (AvgIpc) is 1.97. The molecule has 0 rings (SSSR count). The van der Waals surface area contributed by atoms with Crippen LogP contribution >= 0.6 is 0 Å². The topological polar surface area (TPSA) is 21.3 Å². The number of hydrogen-bond acceptors (Lipinski definition) is 2. The second kappa shape index (κ2) is 8.85. The standard InChI is InChI=1S/C7H16FNO/c1-2-7-10-9-6-4-3-5-8/h9H,2-7H2,1H3. The van der Waals surface area contributed by atoms with Gasteiger partial charge in [-0.2, -0.15) is 0 Å². The molecule has 0 radical (unpaired) electrons. The van der Waals surface area contributed by atoms with E-state index in [1.807, 2.05) is 6.92 Å². The maximum Gasteiger partial charge on any atom is 0.0895 e. The van der Waals surface area contributed by atoms with E-state index >= 15 is 0 Å². The van der Waals surface area contributed by atoms with Gasteiger partial charge in [0.1, 0.15) is 0 Å². The second-order valence-corrected chi connectivity index (χ2v) is 2.14. The fraction of sp³-hybridized carbons (Fsp3) is 1.00. The van der Waals surface area contributed by atoms with Crippen LogP contribution in [0.5, 0.6) is 0 Å². The largest absolute Gasteiger partial charge is 0.302 e. The van der Waals surface area contributed by atoms with E-state index in [4.69, 9.17) is 4.84 Å². The molecule has 0 aliphatic carbocycles. The normalized spacial score (nSPS) is 10.2. The van der Waals surface area contributed by atoms with Crippen molar-refractivity contribution in [1.29, 1.82) is 0 Å². The first-order valence-electron chi connectivity index (χ1n) is 3.82. The predicted molar refractivity (Wildman–Crippen MR) is 39.5 cm³/mol. The number of hydrogen-bond donors (Lipinski definition) is 1. The van der Waals surface area contributed by atoms with Crippen LogP contribution in [0.4, 0.5) is 4.39 Å². The van der Waals surface area contributed by atoms with E-state index in [9.17, 15) is 4.39 Å². The molecule has 0 bridgehead atoms. The van der Waals surface area contributed by atoms with Crippen LogP contribution in [-0.2, 0) is 4.84 Å². The Morgan fingerprint density at radius 1 is 1.40 bits per heavy atom. The molecule has 3 heteroatoms. The van der Waals surface area contributed by atoms with Crippen LogP contribution in [0.1, 0.15) is 26.2 Å². The molecule has 0 spiro atoms. The summed E-state index contributed by atoms with van der Waals surface area (Å²) in [7, 11) is 0. The number of halogens is 1. The molecule has 0 aromatic rings. The molecule has 0 unspecified atom stereocenters. The van der Waals surface area contributed by atoms with E-state index in [0.29, 0.717) is 6.42 Å². The third-order valence-electron chi connectivity index (χ3n) is 1.07. The molecular formula is C7H16FNO. The highest BCUT2D eigenvalue weighted by Crippen LogP contribution is 1.86. The SMILES string of the molecule is CCCONCCCCF. The minimum Gasteiger partial charge on any atom is -0.302 e. The van der Waals surface area contributed by atoms with Gasteiger partial charge in [0.05, 0.1) is 13.3 Å². The summed E-state index contributed by atoms with van der Waals surface area (Å²) in [4.78, 5) is 4.96. The zero-order valence-electron chi connectivity index (χ0n) is 6.53. The van der Waals surface area contributed by atoms with Crippen molar-refractivity contribution in [2.45, 2.75) is 26.2 Å². The first kappa shape index (κ1) is 9.85. The monoisotopic (exact) mass is 149 g/mol. The molecule has 0 saturated heterocycles. The van der Waals surface area contributed by atoms with Crippen molar-refractivity contribution in [1.82, 2.24) is 5.48 Å². The summed E-state index contributed by atoms with van der Waals surface area (Å²) >= 11 is 0. The molecule has 0 aliphatic rings. The fourth-order valence-corrected chi connectivity index (χ4v) is 0.538. The molecule has 2 nitrogen and oxygen atoms in total. The summed E-state index contributed by atoms with van der Waals surface area (Å²) in [5, 5.41) is 0. The quantitative estimate of drug-likeness (QED) is 0.439. The van der Waals surface area contributed by atoms with Gasteiger partial charge in [0.2, 0.25) is 0 Å². The van der Waals surface area contributed by atoms with Crippen molar-refractivity contribution >= 4 is 0 Å². The van der Waals surface area contributed by atoms with E-state index < -0.39 is 0 Å². The molecule has 0 aromatic carbocycles. The van der Waals surface area contributed by atoms with Crippen LogP contribution in [0.2, 0.25) is 0 Å². The minimum absolute atomic E-state index is 0.227. The Morgan fingerprint density at radius 2 is 2.20 bits per heavy atom. The van der Waals surface area contributed by atoms with Gasteiger partial charge >= 0.3 is 0 Å². The highest BCUT2D eigenvalue weighted by molar-refractivity contribution is 4.37. The Labute approximate surface area is 61.7 Å². The molecule has 0 atom stereocenters. The van der Waals surface area contributed by atoms with Gasteiger partial charge in [-0.3, -0.25) is 4.39 Å². The van der Waals surface area contributed by atoms with Crippen molar-refractivity contribution in [2.24, 2.45) is 0 Å². The highest BCUT2D eigenvalue weighted by atomic mass is 19.1. The van der Waals surface area contributed by atoms with Crippen molar-refractivity contribution in [3.8, 4) is 0 Å². The number of hydroxylamine groups is 1. The van der Waals surface area contributed by atoms with Gasteiger partial charge in [0.25, 0.3) is 0 Å². The molecule has 0 amide bonds. The van der Waals surface area contributed by atoms with E-state index in [1.165, 1.54) is 0 Å². The second-order valence-electron chi connectivity index (χ2n) is 2.14. The summed E-state index contributed by atoms with van der Waals surface area (Å²) in [6, 6.07) is 0. The summed E-state index contributed by atoms with van der Waals surface area (Å²) in [6.45, 7) is 3.30. The molecular weight excluding hydrogens is 133 g/mol. The lowest BCUT2D eigenvalue weighted by atomic mass is 10.3. The third kappa shape index (κ3) is 7.85. The first-order chi connectivity index (χ1) is 4.91. The van der Waals surface area contributed by atoms with Gasteiger partial charge in [0.15, 0.2) is 0 Å². The smallest absolute Gasteiger partial charge is 0.0895 e. The Kier molecular flexibility index (Phi) is 8.72. The lowest BCUT2D eigenvalue weighted by Gasteiger charge is -2.01. The molecule has 0 saturated carbocycles. The lowest BCUT2D eigenvalue weighted by Crippen LogP contribution is -2.16. The Hall–Kier alpha value is -0.150. The van der Waals surface area contributed by atoms with E-state index in [0.717, 1.165) is 26.0 Å². The Bertz CT molecular complexity index is 53.6. The number of nitrogens with one attached hydrogen (secondary N) is 1. The lowest BCUT2D eigenvalue weighted by molar-refractivity contribution is 0.0406. The van der Waals surface area contributed by atoms with Crippen LogP contribution in [0, 0.1) is 0 Å². The van der Waals surface area contributed by atoms with Crippen LogP contribution in [0.15, 0.2) is 0 Å². The van der Waals surface area contributed by atoms with Crippen LogP contribution in [0.3, 0.4) is 0 Å². The summed E-state index contributed by atoms with van der Waals surface area (Å²) in [5.74, 6) is 0. The number of alkyl halides is 1. The van der Waals surface area contributed by atoms with Gasteiger partial charge in [-0.15, -0.1) is 0 Å². The van der Waals surface area contributed by atoms with Gasteiger partial charge in [-0.05, 0) is 19.3 Å². The maximum absolute atomic E-state index is 11.5. The van der Waals surface area contributed by atoms with Crippen molar-refractivity contribution < 1.29 is 9.23 Å². The van der Waals surface area contributed by atoms with Gasteiger partial charge in [-0.25, -0.2) is 5.48 Å². The highest BCUT2D eigenvalue weighted by Gasteiger charge is 1.86. The summed E-state index contributed by atoms with van der Waals surface area (Å²) in [6.07, 6.45) is 2.48. The molecule has 0 heterocycles. The molecule has 0 aliphatic heterocycles. The van der Waals surface area contributed by atoms with Crippen molar-refractivity contribution in [3.63, 3.8) is 0 Å². The van der Waals surface area contributed by atoms with Crippen molar-refractivity contribution in [3.05, 3.63) is 0 Å². The van der Waals surface area contributed by atoms with Crippen LogP contribution in [-0.4, -0.2) is 19.8 Å². The molecule has 1 N–H and O–H groups in total. The Balaban J connectivity index is 2.65. The maximum atomic E-state index is 11.5. The summed E-state index contributed by atoms with van der Waals surface area (Å²) in [5.41, 5.74) is 2.75. The number of unbranched alkanes of at least 4 members (excludes halogenated alkanes) is 1. The first-order valence-corrected chi connectivity index (χ1v) is 3.82. The third-order valence-corrected chi connectivity index (χ3v) is 1.07. The molecule has 0 aromatic heterocycles. The predicted octanol–water partition coefficient (Wildman–Crippen LogP) is 1.67. The van der Waals surface area contributed by atoms with Crippen molar-refractivity contribution in [2.75, 3.05) is 19.8 Å². The minimum atomic E-state index is -0.227. The van der Waals surface area contributed by atoms with E-state index in [1.54, 1.807) is 0 Å².